The van der Waals surface area contributed by atoms with E-state index < -0.39 is 17.2 Å². The van der Waals surface area contributed by atoms with Gasteiger partial charge in [-0.1, -0.05) is 13.0 Å². The van der Waals surface area contributed by atoms with Crippen LogP contribution in [0, 0.1) is 11.6 Å². The van der Waals surface area contributed by atoms with E-state index in [-0.39, 0.29) is 24.3 Å². The average molecular weight is 476 g/mol. The van der Waals surface area contributed by atoms with E-state index >= 15 is 0 Å². The van der Waals surface area contributed by atoms with Crippen molar-refractivity contribution in [1.82, 2.24) is 14.7 Å². The summed E-state index contributed by atoms with van der Waals surface area (Å²) in [6.07, 6.45) is 5.17. The van der Waals surface area contributed by atoms with Crippen molar-refractivity contribution in [1.29, 1.82) is 0 Å². The van der Waals surface area contributed by atoms with Gasteiger partial charge in [0.2, 0.25) is 17.7 Å². The molecule has 1 aromatic carbocycles. The van der Waals surface area contributed by atoms with E-state index in [1.807, 2.05) is 6.92 Å². The maximum absolute atomic E-state index is 13.6. The van der Waals surface area contributed by atoms with E-state index in [1.54, 1.807) is 26.9 Å². The van der Waals surface area contributed by atoms with Gasteiger partial charge in [-0.25, -0.2) is 8.78 Å². The van der Waals surface area contributed by atoms with Gasteiger partial charge in [-0.2, -0.15) is 0 Å². The number of carbonyl (C=O) groups is 3. The number of likely N-dealkylation sites (tertiary alicyclic amines) is 1. The molecular weight excluding hydrogens is 444 g/mol. The summed E-state index contributed by atoms with van der Waals surface area (Å²) in [5, 5.41) is 0. The fraction of sp³-hybridized carbons (Fsp3) is 0.480. The lowest BCUT2D eigenvalue weighted by Crippen LogP contribution is -2.55. The summed E-state index contributed by atoms with van der Waals surface area (Å²) in [4.78, 5) is 42.1. The summed E-state index contributed by atoms with van der Waals surface area (Å²) in [5.41, 5.74) is -0.155. The average Bonchev–Trinajstić information content (AvgIpc) is 3.08. The zero-order valence-corrected chi connectivity index (χ0v) is 20.1. The maximum Gasteiger partial charge on any atom is 0.225 e. The fourth-order valence-corrected chi connectivity index (χ4v) is 4.62. The number of allylic oxidation sites excluding steroid dienone is 2. The number of nitrogens with zero attached hydrogens (tertiary/aromatic N) is 3. The fourth-order valence-electron chi connectivity index (χ4n) is 4.62. The van der Waals surface area contributed by atoms with Gasteiger partial charge in [-0.3, -0.25) is 24.2 Å². The van der Waals surface area contributed by atoms with E-state index in [2.05, 4.69) is 0 Å². The minimum atomic E-state index is -0.958. The van der Waals surface area contributed by atoms with E-state index in [9.17, 15) is 23.2 Å². The van der Waals surface area contributed by atoms with Crippen molar-refractivity contribution in [3.63, 3.8) is 0 Å². The molecular formula is C25H31F2N3O4. The Balaban J connectivity index is 1.92. The van der Waals surface area contributed by atoms with Crippen LogP contribution < -0.4 is 0 Å². The van der Waals surface area contributed by atoms with Gasteiger partial charge in [-0.15, -0.1) is 0 Å². The molecule has 2 saturated heterocycles. The molecule has 7 nitrogen and oxygen atoms in total. The second-order valence-electron chi connectivity index (χ2n) is 8.74. The zero-order valence-electron chi connectivity index (χ0n) is 20.1. The van der Waals surface area contributed by atoms with Gasteiger partial charge in [0.1, 0.15) is 18.2 Å². The van der Waals surface area contributed by atoms with E-state index in [0.717, 1.165) is 12.1 Å². The van der Waals surface area contributed by atoms with Gasteiger partial charge in [0, 0.05) is 39.9 Å². The predicted octanol–water partition coefficient (Wildman–Crippen LogP) is 3.71. The molecule has 2 fully saturated rings. The first-order chi connectivity index (χ1) is 16.1. The Kier molecular flexibility index (Phi) is 7.74. The van der Waals surface area contributed by atoms with E-state index in [1.165, 1.54) is 26.8 Å². The van der Waals surface area contributed by atoms with Crippen LogP contribution in [0.15, 0.2) is 41.9 Å². The number of amides is 3. The topological polar surface area (TPSA) is 70.2 Å². The lowest BCUT2D eigenvalue weighted by atomic mass is 9.86. The standard InChI is InChI=1S/C25H31F2N3O4/c1-5-6-21(34-15-20-7-8-22(26)23(27)13-20)14-24-29(18(3)32)16-25(30(24)19(4)33)9-11-28(12-10-25)17(2)31/h6-8,13-14H,5,9-12,15-16H2,1-4H3/b21-6-,24-14+. The third-order valence-corrected chi connectivity index (χ3v) is 6.33. The third kappa shape index (κ3) is 5.29. The number of benzene rings is 1. The molecule has 0 atom stereocenters. The number of hydrogen-bond donors (Lipinski definition) is 0. The molecule has 0 bridgehead atoms. The summed E-state index contributed by atoms with van der Waals surface area (Å²) in [7, 11) is 0. The molecule has 184 valence electrons. The lowest BCUT2D eigenvalue weighted by Gasteiger charge is -2.43. The Labute approximate surface area is 198 Å². The van der Waals surface area contributed by atoms with Gasteiger partial charge < -0.3 is 9.64 Å². The van der Waals surface area contributed by atoms with Crippen LogP contribution in [-0.2, 0) is 25.7 Å². The summed E-state index contributed by atoms with van der Waals surface area (Å²) in [5.74, 6) is -1.49. The monoisotopic (exact) mass is 475 g/mol. The summed E-state index contributed by atoms with van der Waals surface area (Å²) >= 11 is 0. The Hall–Kier alpha value is -3.23. The molecule has 3 amide bonds. The van der Waals surface area contributed by atoms with Crippen molar-refractivity contribution >= 4 is 17.7 Å². The lowest BCUT2D eigenvalue weighted by molar-refractivity contribution is -0.135. The first kappa shape index (κ1) is 25.4. The number of carbonyl (C=O) groups excluding carboxylic acids is 3. The number of rotatable bonds is 5. The first-order valence-electron chi connectivity index (χ1n) is 11.4. The SMILES string of the molecule is CC/C=C(/C=C1\N(C(C)=O)CC2(CCN(C(C)=O)CC2)N1C(C)=O)OCc1ccc(F)c(F)c1. The van der Waals surface area contributed by atoms with Gasteiger partial charge in [0.25, 0.3) is 0 Å². The van der Waals surface area contributed by atoms with Crippen LogP contribution in [0.5, 0.6) is 0 Å². The van der Waals surface area contributed by atoms with Gasteiger partial charge in [0.05, 0.1) is 12.1 Å². The molecule has 0 aliphatic carbocycles. The quantitative estimate of drug-likeness (QED) is 0.609. The third-order valence-electron chi connectivity index (χ3n) is 6.33. The molecule has 9 heteroatoms. The normalized spacial score (nSPS) is 19.2. The molecule has 0 aromatic heterocycles. The van der Waals surface area contributed by atoms with E-state index in [0.29, 0.717) is 56.0 Å². The van der Waals surface area contributed by atoms with Crippen LogP contribution in [0.2, 0.25) is 0 Å². The number of piperidine rings is 1. The van der Waals surface area contributed by atoms with Crippen molar-refractivity contribution in [3.05, 3.63) is 59.1 Å². The van der Waals surface area contributed by atoms with Gasteiger partial charge >= 0.3 is 0 Å². The molecule has 3 rings (SSSR count). The second-order valence-corrected chi connectivity index (χ2v) is 8.74. The molecule has 34 heavy (non-hydrogen) atoms. The van der Waals surface area contributed by atoms with Crippen LogP contribution in [-0.4, -0.2) is 57.6 Å². The summed E-state index contributed by atoms with van der Waals surface area (Å²) in [6.45, 7) is 7.68. The largest absolute Gasteiger partial charge is 0.489 e. The van der Waals surface area contributed by atoms with Gasteiger partial charge in [-0.05, 0) is 43.0 Å². The second kappa shape index (κ2) is 10.4. The number of hydrogen-bond acceptors (Lipinski definition) is 4. The molecule has 0 saturated carbocycles. The van der Waals surface area contributed by atoms with Crippen LogP contribution in [0.25, 0.3) is 0 Å². The molecule has 0 N–H and O–H groups in total. The van der Waals surface area contributed by atoms with Crippen molar-refractivity contribution in [2.45, 2.75) is 59.1 Å². The summed E-state index contributed by atoms with van der Waals surface area (Å²) in [6, 6.07) is 3.55. The minimum absolute atomic E-state index is 0.00826. The van der Waals surface area contributed by atoms with Crippen LogP contribution >= 0.6 is 0 Å². The molecule has 2 heterocycles. The molecule has 0 unspecified atom stereocenters. The zero-order chi connectivity index (χ0) is 25.0. The van der Waals surface area contributed by atoms with Crippen LogP contribution in [0.1, 0.15) is 52.5 Å². The van der Waals surface area contributed by atoms with Crippen LogP contribution in [0.3, 0.4) is 0 Å². The van der Waals surface area contributed by atoms with E-state index in [4.69, 9.17) is 4.74 Å². The Morgan fingerprint density at radius 2 is 1.71 bits per heavy atom. The Morgan fingerprint density at radius 1 is 1.03 bits per heavy atom. The van der Waals surface area contributed by atoms with Crippen molar-refractivity contribution < 1.29 is 27.9 Å². The van der Waals surface area contributed by atoms with Crippen LogP contribution in [0.4, 0.5) is 8.78 Å². The predicted molar refractivity (Wildman–Crippen MR) is 122 cm³/mol. The molecule has 2 aliphatic rings. The van der Waals surface area contributed by atoms with Crippen molar-refractivity contribution in [3.8, 4) is 0 Å². The highest BCUT2D eigenvalue weighted by atomic mass is 19.2. The number of halogens is 2. The Morgan fingerprint density at radius 3 is 2.24 bits per heavy atom. The minimum Gasteiger partial charge on any atom is -0.489 e. The molecule has 0 radical (unpaired) electrons. The van der Waals surface area contributed by atoms with Gasteiger partial charge in [0.15, 0.2) is 11.6 Å². The molecule has 1 aromatic rings. The van der Waals surface area contributed by atoms with Crippen molar-refractivity contribution in [2.24, 2.45) is 0 Å². The maximum atomic E-state index is 13.6. The number of ether oxygens (including phenoxy) is 1. The highest BCUT2D eigenvalue weighted by Gasteiger charge is 2.51. The first-order valence-corrected chi connectivity index (χ1v) is 11.4. The smallest absolute Gasteiger partial charge is 0.225 e. The molecule has 1 spiro atoms. The van der Waals surface area contributed by atoms with Crippen molar-refractivity contribution in [2.75, 3.05) is 19.6 Å². The highest BCUT2D eigenvalue weighted by Crippen LogP contribution is 2.41. The molecule has 2 aliphatic heterocycles. The highest BCUT2D eigenvalue weighted by molar-refractivity contribution is 5.82. The summed E-state index contributed by atoms with van der Waals surface area (Å²) < 4.78 is 32.7. The Bertz CT molecular complexity index is 1030.